The van der Waals surface area contributed by atoms with E-state index in [2.05, 4.69) is 5.32 Å². The molecular weight excluding hydrogens is 300 g/mol. The van der Waals surface area contributed by atoms with E-state index >= 15 is 0 Å². The van der Waals surface area contributed by atoms with Gasteiger partial charge in [0.2, 0.25) is 10.0 Å². The lowest BCUT2D eigenvalue weighted by Crippen LogP contribution is -2.51. The third kappa shape index (κ3) is 2.58. The van der Waals surface area contributed by atoms with Gasteiger partial charge in [-0.2, -0.15) is 4.31 Å². The lowest BCUT2D eigenvalue weighted by atomic mass is 10.1. The molecule has 3 rings (SSSR count). The average molecular weight is 320 g/mol. The Balaban J connectivity index is 2.13. The summed E-state index contributed by atoms with van der Waals surface area (Å²) in [7, 11) is -1.92. The third-order valence-electron chi connectivity index (χ3n) is 4.01. The number of ether oxygens (including phenoxy) is 1. The van der Waals surface area contributed by atoms with E-state index in [-0.39, 0.29) is 6.04 Å². The highest BCUT2D eigenvalue weighted by atomic mass is 32.2. The number of nitrogens with zero attached hydrogens (tertiary/aromatic N) is 1. The van der Waals surface area contributed by atoms with Crippen LogP contribution in [0.1, 0.15) is 6.92 Å². The molecule has 0 aromatic heterocycles. The fraction of sp³-hybridized carbons (Fsp3) is 0.375. The molecule has 1 aliphatic heterocycles. The summed E-state index contributed by atoms with van der Waals surface area (Å²) in [5, 5.41) is 4.78. The first-order chi connectivity index (χ1) is 10.5. The van der Waals surface area contributed by atoms with Crippen molar-refractivity contribution in [3.63, 3.8) is 0 Å². The molecule has 118 valence electrons. The lowest BCUT2D eigenvalue weighted by Gasteiger charge is -2.31. The summed E-state index contributed by atoms with van der Waals surface area (Å²) in [6, 6.07) is 11.0. The summed E-state index contributed by atoms with van der Waals surface area (Å²) in [6.07, 6.45) is 0. The van der Waals surface area contributed by atoms with Crippen LogP contribution < -0.4 is 10.1 Å². The Morgan fingerprint density at radius 3 is 2.59 bits per heavy atom. The Morgan fingerprint density at radius 2 is 1.91 bits per heavy atom. The van der Waals surface area contributed by atoms with Crippen LogP contribution in [0.4, 0.5) is 0 Å². The van der Waals surface area contributed by atoms with Crippen molar-refractivity contribution in [2.75, 3.05) is 26.7 Å². The van der Waals surface area contributed by atoms with Crippen molar-refractivity contribution >= 4 is 20.8 Å². The summed E-state index contributed by atoms with van der Waals surface area (Å²) in [5.41, 5.74) is 0. The molecule has 1 fully saturated rings. The molecule has 1 heterocycles. The number of piperazine rings is 1. The van der Waals surface area contributed by atoms with Gasteiger partial charge < -0.3 is 10.1 Å². The molecule has 2 aromatic rings. The van der Waals surface area contributed by atoms with Crippen molar-refractivity contribution in [3.8, 4) is 5.75 Å². The van der Waals surface area contributed by atoms with Gasteiger partial charge in [-0.1, -0.05) is 24.3 Å². The number of methoxy groups -OCH3 is 1. The predicted molar refractivity (Wildman–Crippen MR) is 86.7 cm³/mol. The Hall–Kier alpha value is -1.63. The van der Waals surface area contributed by atoms with Crippen molar-refractivity contribution in [2.45, 2.75) is 17.9 Å². The van der Waals surface area contributed by atoms with Crippen molar-refractivity contribution in [1.29, 1.82) is 0 Å². The van der Waals surface area contributed by atoms with Crippen LogP contribution in [0.3, 0.4) is 0 Å². The number of hydrogen-bond donors (Lipinski definition) is 1. The van der Waals surface area contributed by atoms with Gasteiger partial charge in [0.1, 0.15) is 5.75 Å². The van der Waals surface area contributed by atoms with Crippen LogP contribution in [0.5, 0.6) is 5.75 Å². The Bertz CT molecular complexity index is 789. The second kappa shape index (κ2) is 5.87. The second-order valence-electron chi connectivity index (χ2n) is 5.53. The van der Waals surface area contributed by atoms with Gasteiger partial charge in [-0.3, -0.25) is 0 Å². The highest BCUT2D eigenvalue weighted by Crippen LogP contribution is 2.32. The summed E-state index contributed by atoms with van der Waals surface area (Å²) in [6.45, 7) is 3.65. The molecule has 0 bridgehead atoms. The van der Waals surface area contributed by atoms with Gasteiger partial charge in [0, 0.05) is 36.4 Å². The predicted octanol–water partition coefficient (Wildman–Crippen LogP) is 1.83. The van der Waals surface area contributed by atoms with Gasteiger partial charge in [0.05, 0.1) is 12.0 Å². The molecule has 0 amide bonds. The number of fused-ring (bicyclic) bond motifs is 1. The Labute approximate surface area is 130 Å². The Kier molecular flexibility index (Phi) is 4.08. The molecule has 22 heavy (non-hydrogen) atoms. The molecule has 0 saturated carbocycles. The number of hydrogen-bond acceptors (Lipinski definition) is 4. The second-order valence-corrected chi connectivity index (χ2v) is 7.44. The summed E-state index contributed by atoms with van der Waals surface area (Å²) >= 11 is 0. The minimum Gasteiger partial charge on any atom is -0.496 e. The van der Waals surface area contributed by atoms with Crippen LogP contribution in [0.15, 0.2) is 41.3 Å². The SMILES string of the molecule is COc1ccc(S(=O)(=O)N2CCNC(C)C2)c2ccccc12. The number of rotatable bonds is 3. The smallest absolute Gasteiger partial charge is 0.243 e. The number of nitrogens with one attached hydrogen (secondary N) is 1. The molecule has 1 aliphatic rings. The topological polar surface area (TPSA) is 58.6 Å². The molecular formula is C16H20N2O3S. The van der Waals surface area contributed by atoms with E-state index in [1.165, 1.54) is 0 Å². The minimum atomic E-state index is -3.51. The van der Waals surface area contributed by atoms with Crippen molar-refractivity contribution in [2.24, 2.45) is 0 Å². The van der Waals surface area contributed by atoms with E-state index in [4.69, 9.17) is 4.74 Å². The molecule has 5 nitrogen and oxygen atoms in total. The maximum atomic E-state index is 13.0. The van der Waals surface area contributed by atoms with Crippen LogP contribution in [-0.2, 0) is 10.0 Å². The standard InChI is InChI=1S/C16H20N2O3S/c1-12-11-18(10-9-17-12)22(19,20)16-8-7-15(21-2)13-5-3-4-6-14(13)16/h3-8,12,17H,9-11H2,1-2H3. The zero-order valence-corrected chi connectivity index (χ0v) is 13.6. The first-order valence-corrected chi connectivity index (χ1v) is 8.77. The molecule has 0 spiro atoms. The summed E-state index contributed by atoms with van der Waals surface area (Å²) in [5.74, 6) is 0.684. The summed E-state index contributed by atoms with van der Waals surface area (Å²) < 4.78 is 32.9. The van der Waals surface area contributed by atoms with Crippen molar-refractivity contribution in [3.05, 3.63) is 36.4 Å². The molecule has 2 aromatic carbocycles. The molecule has 6 heteroatoms. The van der Waals surface area contributed by atoms with Gasteiger partial charge in [-0.25, -0.2) is 8.42 Å². The van der Waals surface area contributed by atoms with Gasteiger partial charge >= 0.3 is 0 Å². The zero-order valence-electron chi connectivity index (χ0n) is 12.7. The van der Waals surface area contributed by atoms with E-state index in [0.29, 0.717) is 35.7 Å². The van der Waals surface area contributed by atoms with E-state index in [1.807, 2.05) is 31.2 Å². The number of sulfonamides is 1. The lowest BCUT2D eigenvalue weighted by molar-refractivity contribution is 0.310. The maximum absolute atomic E-state index is 13.0. The van der Waals surface area contributed by atoms with E-state index in [9.17, 15) is 8.42 Å². The van der Waals surface area contributed by atoms with E-state index < -0.39 is 10.0 Å². The fourth-order valence-electron chi connectivity index (χ4n) is 2.90. The molecule has 1 unspecified atom stereocenters. The van der Waals surface area contributed by atoms with Crippen LogP contribution in [0.25, 0.3) is 10.8 Å². The number of benzene rings is 2. The monoisotopic (exact) mass is 320 g/mol. The normalized spacial score (nSPS) is 20.2. The van der Waals surface area contributed by atoms with Crippen LogP contribution in [0, 0.1) is 0 Å². The fourth-order valence-corrected chi connectivity index (χ4v) is 4.63. The minimum absolute atomic E-state index is 0.160. The maximum Gasteiger partial charge on any atom is 0.243 e. The molecule has 1 atom stereocenters. The van der Waals surface area contributed by atoms with E-state index in [1.54, 1.807) is 23.5 Å². The van der Waals surface area contributed by atoms with Crippen molar-refractivity contribution in [1.82, 2.24) is 9.62 Å². The average Bonchev–Trinajstić information content (AvgIpc) is 2.53. The van der Waals surface area contributed by atoms with Gasteiger partial charge in [-0.15, -0.1) is 0 Å². The van der Waals surface area contributed by atoms with Crippen LogP contribution in [-0.4, -0.2) is 45.5 Å². The van der Waals surface area contributed by atoms with E-state index in [0.717, 1.165) is 5.39 Å². The largest absolute Gasteiger partial charge is 0.496 e. The highest BCUT2D eigenvalue weighted by molar-refractivity contribution is 7.89. The molecule has 0 radical (unpaired) electrons. The van der Waals surface area contributed by atoms with Crippen LogP contribution >= 0.6 is 0 Å². The zero-order chi connectivity index (χ0) is 15.7. The third-order valence-corrected chi connectivity index (χ3v) is 5.94. The quantitative estimate of drug-likeness (QED) is 0.937. The Morgan fingerprint density at radius 1 is 1.18 bits per heavy atom. The molecule has 0 aliphatic carbocycles. The summed E-state index contributed by atoms with van der Waals surface area (Å²) in [4.78, 5) is 0.345. The van der Waals surface area contributed by atoms with Crippen molar-refractivity contribution < 1.29 is 13.2 Å². The first kappa shape index (κ1) is 15.3. The van der Waals surface area contributed by atoms with Crippen LogP contribution in [0.2, 0.25) is 0 Å². The van der Waals surface area contributed by atoms with Gasteiger partial charge in [0.15, 0.2) is 0 Å². The molecule has 1 saturated heterocycles. The van der Waals surface area contributed by atoms with Gasteiger partial charge in [-0.05, 0) is 19.1 Å². The first-order valence-electron chi connectivity index (χ1n) is 7.33. The van der Waals surface area contributed by atoms with Gasteiger partial charge in [0.25, 0.3) is 0 Å². The molecule has 1 N–H and O–H groups in total. The highest BCUT2D eigenvalue weighted by Gasteiger charge is 2.30.